The molecule has 0 aliphatic carbocycles. The quantitative estimate of drug-likeness (QED) is 0.744. The Morgan fingerprint density at radius 3 is 1.47 bits per heavy atom. The molecule has 0 saturated heterocycles. The number of hydrogen-bond donors (Lipinski definition) is 1. The highest BCUT2D eigenvalue weighted by molar-refractivity contribution is 5.42. The maximum atomic E-state index is 8.58. The Labute approximate surface area is 92.5 Å². The summed E-state index contributed by atoms with van der Waals surface area (Å²) in [7, 11) is 0. The van der Waals surface area contributed by atoms with Crippen molar-refractivity contribution in [2.24, 2.45) is 5.73 Å². The van der Waals surface area contributed by atoms with Crippen LogP contribution in [0.3, 0.4) is 0 Å². The smallest absolute Gasteiger partial charge is 0.204 e. The van der Waals surface area contributed by atoms with Gasteiger partial charge in [-0.2, -0.15) is 0 Å². The van der Waals surface area contributed by atoms with Crippen LogP contribution in [-0.4, -0.2) is 6.41 Å². The molecule has 1 aromatic carbocycles. The first kappa shape index (κ1) is 13.7. The van der Waals surface area contributed by atoms with Crippen molar-refractivity contribution in [3.8, 4) is 0 Å². The summed E-state index contributed by atoms with van der Waals surface area (Å²) in [4.78, 5) is 8.58. The molecular formula is C13H21NO. The lowest BCUT2D eigenvalue weighted by atomic mass is 9.91. The summed E-state index contributed by atoms with van der Waals surface area (Å²) in [5.41, 5.74) is 7.15. The molecule has 2 N–H and O–H groups in total. The fourth-order valence-corrected chi connectivity index (χ4v) is 1.56. The first-order valence-electron chi connectivity index (χ1n) is 5.28. The van der Waals surface area contributed by atoms with Gasteiger partial charge in [-0.3, -0.25) is 4.79 Å². The molecule has 2 nitrogen and oxygen atoms in total. The number of carbonyl (C=O) groups excluding carboxylic acids is 1. The van der Waals surface area contributed by atoms with Gasteiger partial charge in [0.05, 0.1) is 0 Å². The molecule has 15 heavy (non-hydrogen) atoms. The first-order chi connectivity index (χ1) is 7.04. The molecule has 84 valence electrons. The third-order valence-electron chi connectivity index (χ3n) is 2.24. The van der Waals surface area contributed by atoms with Crippen LogP contribution >= 0.6 is 0 Å². The molecule has 0 unspecified atom stereocenters. The highest BCUT2D eigenvalue weighted by Gasteiger charge is 2.07. The summed E-state index contributed by atoms with van der Waals surface area (Å²) < 4.78 is 0. The Kier molecular flexibility index (Phi) is 6.43. The fraction of sp³-hybridized carbons (Fsp3) is 0.462. The summed E-state index contributed by atoms with van der Waals surface area (Å²) in [6.45, 7) is 9.00. The van der Waals surface area contributed by atoms with Gasteiger partial charge < -0.3 is 5.73 Å². The van der Waals surface area contributed by atoms with Gasteiger partial charge in [-0.25, -0.2) is 0 Å². The number of rotatable bonds is 2. The van der Waals surface area contributed by atoms with Gasteiger partial charge in [0.1, 0.15) is 0 Å². The van der Waals surface area contributed by atoms with Crippen LogP contribution in [-0.2, 0) is 4.79 Å². The van der Waals surface area contributed by atoms with E-state index in [1.54, 1.807) is 0 Å². The van der Waals surface area contributed by atoms with E-state index in [0.29, 0.717) is 11.8 Å². The third-order valence-corrected chi connectivity index (χ3v) is 2.24. The minimum Gasteiger partial charge on any atom is -0.372 e. The zero-order valence-corrected chi connectivity index (χ0v) is 10.0. The lowest BCUT2D eigenvalue weighted by molar-refractivity contribution is -0.106. The highest BCUT2D eigenvalue weighted by atomic mass is 16.1. The molecular weight excluding hydrogens is 186 g/mol. The van der Waals surface area contributed by atoms with Gasteiger partial charge >= 0.3 is 0 Å². The predicted molar refractivity (Wildman–Crippen MR) is 64.9 cm³/mol. The van der Waals surface area contributed by atoms with E-state index in [4.69, 9.17) is 4.79 Å². The van der Waals surface area contributed by atoms with E-state index in [1.165, 1.54) is 11.1 Å². The van der Waals surface area contributed by atoms with E-state index < -0.39 is 0 Å². The molecule has 1 rings (SSSR count). The molecule has 0 fully saturated rings. The van der Waals surface area contributed by atoms with E-state index in [1.807, 2.05) is 0 Å². The predicted octanol–water partition coefficient (Wildman–Crippen LogP) is 3.03. The number of hydrogen-bond acceptors (Lipinski definition) is 1. The van der Waals surface area contributed by atoms with Crippen LogP contribution in [0.1, 0.15) is 50.7 Å². The molecule has 0 heterocycles. The van der Waals surface area contributed by atoms with Crippen LogP contribution < -0.4 is 5.73 Å². The Bertz CT molecular complexity index is 265. The Balaban J connectivity index is 0.000000583. The monoisotopic (exact) mass is 207 g/mol. The summed E-state index contributed by atoms with van der Waals surface area (Å²) in [5, 5.41) is 0. The maximum absolute atomic E-state index is 8.58. The second-order valence-electron chi connectivity index (χ2n) is 4.07. The van der Waals surface area contributed by atoms with E-state index in [9.17, 15) is 0 Å². The summed E-state index contributed by atoms with van der Waals surface area (Å²) >= 11 is 0. The van der Waals surface area contributed by atoms with Crippen molar-refractivity contribution in [1.29, 1.82) is 0 Å². The van der Waals surface area contributed by atoms with E-state index >= 15 is 0 Å². The van der Waals surface area contributed by atoms with Crippen molar-refractivity contribution in [1.82, 2.24) is 0 Å². The number of carbonyl (C=O) groups is 1. The molecule has 0 bridgehead atoms. The molecule has 0 aliphatic rings. The number of nitrogens with two attached hydrogens (primary N) is 1. The Hall–Kier alpha value is -1.31. The summed E-state index contributed by atoms with van der Waals surface area (Å²) in [6, 6.07) is 8.72. The van der Waals surface area contributed by atoms with Gasteiger partial charge in [0.25, 0.3) is 0 Å². The Morgan fingerprint density at radius 2 is 1.27 bits per heavy atom. The minimum absolute atomic E-state index is 0.250. The van der Waals surface area contributed by atoms with Crippen LogP contribution in [0.2, 0.25) is 0 Å². The molecule has 0 atom stereocenters. The van der Waals surface area contributed by atoms with E-state index in [0.717, 1.165) is 0 Å². The molecule has 1 aromatic rings. The van der Waals surface area contributed by atoms with Crippen molar-refractivity contribution in [3.05, 3.63) is 35.4 Å². The zero-order valence-electron chi connectivity index (χ0n) is 10.0. The van der Waals surface area contributed by atoms with Crippen molar-refractivity contribution < 1.29 is 4.79 Å². The molecule has 0 saturated carbocycles. The van der Waals surface area contributed by atoms with Gasteiger partial charge in [0, 0.05) is 0 Å². The molecule has 2 heteroatoms. The van der Waals surface area contributed by atoms with E-state index in [2.05, 4.69) is 57.7 Å². The molecule has 0 aliphatic heterocycles. The number of primary amides is 1. The van der Waals surface area contributed by atoms with Crippen LogP contribution in [0.4, 0.5) is 0 Å². The lowest BCUT2D eigenvalue weighted by Gasteiger charge is -2.14. The topological polar surface area (TPSA) is 43.1 Å². The van der Waals surface area contributed by atoms with Crippen LogP contribution in [0, 0.1) is 0 Å². The van der Waals surface area contributed by atoms with Crippen LogP contribution in [0.15, 0.2) is 24.3 Å². The highest BCUT2D eigenvalue weighted by Crippen LogP contribution is 2.25. The maximum Gasteiger partial charge on any atom is 0.204 e. The second kappa shape index (κ2) is 7.04. The van der Waals surface area contributed by atoms with Crippen LogP contribution in [0.25, 0.3) is 0 Å². The summed E-state index contributed by atoms with van der Waals surface area (Å²) in [5.74, 6) is 1.28. The van der Waals surface area contributed by atoms with Gasteiger partial charge in [-0.15, -0.1) is 0 Å². The van der Waals surface area contributed by atoms with Gasteiger partial charge in [-0.1, -0.05) is 52.0 Å². The van der Waals surface area contributed by atoms with Crippen molar-refractivity contribution in [3.63, 3.8) is 0 Å². The molecule has 0 radical (unpaired) electrons. The fourth-order valence-electron chi connectivity index (χ4n) is 1.56. The minimum atomic E-state index is 0.250. The average Bonchev–Trinajstić information content (AvgIpc) is 2.19. The average molecular weight is 207 g/mol. The van der Waals surface area contributed by atoms with Crippen molar-refractivity contribution in [2.45, 2.75) is 39.5 Å². The third kappa shape index (κ3) is 4.63. The Morgan fingerprint density at radius 1 is 1.00 bits per heavy atom. The number of benzene rings is 1. The zero-order chi connectivity index (χ0) is 11.8. The second-order valence-corrected chi connectivity index (χ2v) is 4.07. The first-order valence-corrected chi connectivity index (χ1v) is 5.28. The van der Waals surface area contributed by atoms with Gasteiger partial charge in [-0.05, 0) is 23.0 Å². The van der Waals surface area contributed by atoms with Gasteiger partial charge in [0.2, 0.25) is 6.41 Å². The van der Waals surface area contributed by atoms with Crippen molar-refractivity contribution in [2.75, 3.05) is 0 Å². The largest absolute Gasteiger partial charge is 0.372 e. The van der Waals surface area contributed by atoms with Gasteiger partial charge in [0.15, 0.2) is 0 Å². The SMILES string of the molecule is CC(C)c1ccccc1C(C)C.NC=O. The lowest BCUT2D eigenvalue weighted by Crippen LogP contribution is -1.97. The molecule has 1 amide bonds. The number of amides is 1. The van der Waals surface area contributed by atoms with E-state index in [-0.39, 0.29) is 6.41 Å². The molecule has 0 aromatic heterocycles. The molecule has 0 spiro atoms. The van der Waals surface area contributed by atoms with Crippen molar-refractivity contribution >= 4 is 6.41 Å². The standard InChI is InChI=1S/C12H18.CH3NO/c1-9(2)11-7-5-6-8-12(11)10(3)4;2-1-3/h5-10H,1-4H3;1H,(H2,2,3). The normalized spacial score (nSPS) is 9.73. The van der Waals surface area contributed by atoms with Crippen LogP contribution in [0.5, 0.6) is 0 Å². The summed E-state index contributed by atoms with van der Waals surface area (Å²) in [6.07, 6.45) is 0.250.